The zero-order valence-corrected chi connectivity index (χ0v) is 17.5. The van der Waals surface area contributed by atoms with E-state index in [0.717, 1.165) is 24.2 Å². The number of oxazole rings is 1. The first-order valence-electron chi connectivity index (χ1n) is 10.6. The van der Waals surface area contributed by atoms with Crippen molar-refractivity contribution < 1.29 is 22.4 Å². The fraction of sp³-hybridized carbons (Fsp3) is 0.304. The molecule has 0 N–H and O–H groups in total. The van der Waals surface area contributed by atoms with Gasteiger partial charge in [0.1, 0.15) is 12.1 Å². The van der Waals surface area contributed by atoms with Gasteiger partial charge in [0.25, 0.3) is 0 Å². The number of likely N-dealkylation sites (tertiary alicyclic amines) is 1. The molecule has 4 heterocycles. The summed E-state index contributed by atoms with van der Waals surface area (Å²) in [5, 5.41) is 8.14. The fourth-order valence-electron chi connectivity index (χ4n) is 4.14. The third kappa shape index (κ3) is 4.33. The van der Waals surface area contributed by atoms with Crippen LogP contribution >= 0.6 is 0 Å². The van der Waals surface area contributed by atoms with Crippen LogP contribution in [0.1, 0.15) is 35.8 Å². The van der Waals surface area contributed by atoms with Crippen LogP contribution in [0.15, 0.2) is 59.3 Å². The molecule has 1 fully saturated rings. The zero-order chi connectivity index (χ0) is 23.0. The van der Waals surface area contributed by atoms with Gasteiger partial charge in [0.15, 0.2) is 5.65 Å². The highest BCUT2D eigenvalue weighted by molar-refractivity contribution is 5.78. The van der Waals surface area contributed by atoms with E-state index in [9.17, 15) is 18.0 Å². The molecule has 1 amide bonds. The van der Waals surface area contributed by atoms with E-state index >= 15 is 0 Å². The monoisotopic (exact) mass is 455 g/mol. The zero-order valence-electron chi connectivity index (χ0n) is 17.5. The Bertz CT molecular complexity index is 1280. The lowest BCUT2D eigenvalue weighted by molar-refractivity contribution is -0.137. The van der Waals surface area contributed by atoms with Crippen molar-refractivity contribution in [3.8, 4) is 11.5 Å². The van der Waals surface area contributed by atoms with Crippen molar-refractivity contribution in [1.29, 1.82) is 0 Å². The molecule has 0 saturated carbocycles. The van der Waals surface area contributed by atoms with Gasteiger partial charge in [-0.2, -0.15) is 13.2 Å². The number of nitrogens with zero attached hydrogens (tertiary/aromatic N) is 5. The highest BCUT2D eigenvalue weighted by atomic mass is 19.4. The van der Waals surface area contributed by atoms with Crippen LogP contribution in [-0.4, -0.2) is 43.5 Å². The average Bonchev–Trinajstić information content (AvgIpc) is 3.46. The number of halogens is 3. The van der Waals surface area contributed by atoms with E-state index in [1.165, 1.54) is 16.7 Å². The number of rotatable bonds is 4. The predicted octanol–water partition coefficient (Wildman–Crippen LogP) is 4.35. The van der Waals surface area contributed by atoms with Gasteiger partial charge in [0.05, 0.1) is 17.7 Å². The van der Waals surface area contributed by atoms with Gasteiger partial charge in [-0.25, -0.2) is 4.98 Å². The van der Waals surface area contributed by atoms with Crippen LogP contribution in [0.5, 0.6) is 0 Å². The molecule has 0 radical (unpaired) electrons. The minimum Gasteiger partial charge on any atom is -0.444 e. The summed E-state index contributed by atoms with van der Waals surface area (Å²) < 4.78 is 46.4. The number of pyridine rings is 1. The summed E-state index contributed by atoms with van der Waals surface area (Å²) in [5.41, 5.74) is 0.937. The predicted molar refractivity (Wildman–Crippen MR) is 112 cm³/mol. The van der Waals surface area contributed by atoms with Gasteiger partial charge >= 0.3 is 6.18 Å². The Morgan fingerprint density at radius 2 is 1.94 bits per heavy atom. The number of fused-ring (bicyclic) bond motifs is 1. The van der Waals surface area contributed by atoms with Gasteiger partial charge in [-0.15, -0.1) is 10.2 Å². The molecule has 170 valence electrons. The molecular formula is C23H20F3N5O2. The summed E-state index contributed by atoms with van der Waals surface area (Å²) >= 11 is 0. The molecule has 10 heteroatoms. The van der Waals surface area contributed by atoms with Crippen LogP contribution in [0.4, 0.5) is 13.2 Å². The number of piperidine rings is 1. The molecule has 4 aromatic rings. The molecule has 1 aliphatic rings. The highest BCUT2D eigenvalue weighted by Crippen LogP contribution is 2.31. The summed E-state index contributed by atoms with van der Waals surface area (Å²) in [6.07, 6.45) is -0.443. The normalized spacial score (nSPS) is 16.9. The summed E-state index contributed by atoms with van der Waals surface area (Å²) in [5.74, 6) is 0.558. The number of benzene rings is 1. The van der Waals surface area contributed by atoms with Gasteiger partial charge in [0, 0.05) is 30.8 Å². The van der Waals surface area contributed by atoms with Crippen molar-refractivity contribution >= 4 is 11.6 Å². The Hall–Kier alpha value is -3.69. The maximum atomic E-state index is 13.2. The molecule has 0 spiro atoms. The molecule has 7 nitrogen and oxygen atoms in total. The summed E-state index contributed by atoms with van der Waals surface area (Å²) in [6.45, 7) is 0.933. The van der Waals surface area contributed by atoms with Crippen molar-refractivity contribution in [1.82, 2.24) is 24.5 Å². The van der Waals surface area contributed by atoms with Crippen LogP contribution in [0.3, 0.4) is 0 Å². The van der Waals surface area contributed by atoms with Crippen LogP contribution in [0, 0.1) is 0 Å². The maximum absolute atomic E-state index is 13.2. The lowest BCUT2D eigenvalue weighted by Gasteiger charge is -2.32. The van der Waals surface area contributed by atoms with Crippen molar-refractivity contribution in [2.24, 2.45) is 0 Å². The standard InChI is InChI=1S/C23H20F3N5O2/c24-23(25,26)17-8-9-19-28-29-21(31(19)13-17)16-7-4-10-30(12-16)20(32)11-18-14-33-22(27-18)15-5-2-1-3-6-15/h1-3,5-6,8-9,13-14,16H,4,7,10-12H2. The highest BCUT2D eigenvalue weighted by Gasteiger charge is 2.33. The van der Waals surface area contributed by atoms with E-state index < -0.39 is 11.7 Å². The van der Waals surface area contributed by atoms with Crippen molar-refractivity contribution in [3.63, 3.8) is 0 Å². The lowest BCUT2D eigenvalue weighted by Crippen LogP contribution is -2.40. The van der Waals surface area contributed by atoms with Crippen LogP contribution in [0.25, 0.3) is 17.1 Å². The Morgan fingerprint density at radius 3 is 2.73 bits per heavy atom. The molecule has 1 aromatic carbocycles. The summed E-state index contributed by atoms with van der Waals surface area (Å²) in [7, 11) is 0. The topological polar surface area (TPSA) is 76.5 Å². The SMILES string of the molecule is O=C(Cc1coc(-c2ccccc2)n1)N1CCCC(c2nnc3ccc(C(F)(F)F)cn23)C1. The number of aromatic nitrogens is 4. The first-order valence-corrected chi connectivity index (χ1v) is 10.6. The molecule has 1 unspecified atom stereocenters. The van der Waals surface area contributed by atoms with Gasteiger partial charge in [-0.3, -0.25) is 9.20 Å². The molecule has 33 heavy (non-hydrogen) atoms. The molecule has 3 aromatic heterocycles. The number of hydrogen-bond donors (Lipinski definition) is 0. The van der Waals surface area contributed by atoms with Crippen LogP contribution in [-0.2, 0) is 17.4 Å². The van der Waals surface area contributed by atoms with Crippen molar-refractivity contribution in [2.45, 2.75) is 31.4 Å². The summed E-state index contributed by atoms with van der Waals surface area (Å²) in [4.78, 5) is 19.0. The van der Waals surface area contributed by atoms with Gasteiger partial charge in [-0.05, 0) is 37.1 Å². The van der Waals surface area contributed by atoms with E-state index in [-0.39, 0.29) is 18.2 Å². The molecule has 1 aliphatic heterocycles. The minimum atomic E-state index is -4.46. The van der Waals surface area contributed by atoms with Crippen molar-refractivity contribution in [2.75, 3.05) is 13.1 Å². The van der Waals surface area contributed by atoms with Gasteiger partial charge < -0.3 is 9.32 Å². The quantitative estimate of drug-likeness (QED) is 0.457. The van der Waals surface area contributed by atoms with E-state index in [2.05, 4.69) is 15.2 Å². The van der Waals surface area contributed by atoms with Gasteiger partial charge in [0.2, 0.25) is 11.8 Å². The summed E-state index contributed by atoms with van der Waals surface area (Å²) in [6, 6.07) is 11.7. The first kappa shape index (κ1) is 21.2. The third-order valence-electron chi connectivity index (χ3n) is 5.80. The largest absolute Gasteiger partial charge is 0.444 e. The Morgan fingerprint density at radius 1 is 1.12 bits per heavy atom. The van der Waals surface area contributed by atoms with Gasteiger partial charge in [-0.1, -0.05) is 18.2 Å². The lowest BCUT2D eigenvalue weighted by atomic mass is 9.96. The second kappa shape index (κ2) is 8.34. The Balaban J connectivity index is 1.31. The van der Waals surface area contributed by atoms with E-state index in [1.807, 2.05) is 30.3 Å². The molecule has 0 bridgehead atoms. The van der Waals surface area contributed by atoms with Crippen LogP contribution < -0.4 is 0 Å². The molecule has 1 saturated heterocycles. The second-order valence-corrected chi connectivity index (χ2v) is 8.07. The number of carbonyl (C=O) groups is 1. The molecular weight excluding hydrogens is 435 g/mol. The fourth-order valence-corrected chi connectivity index (χ4v) is 4.14. The molecule has 1 atom stereocenters. The van der Waals surface area contributed by atoms with E-state index in [4.69, 9.17) is 4.42 Å². The van der Waals surface area contributed by atoms with E-state index in [1.54, 1.807) is 4.90 Å². The molecule has 0 aliphatic carbocycles. The van der Waals surface area contributed by atoms with E-state index in [0.29, 0.717) is 42.6 Å². The maximum Gasteiger partial charge on any atom is 0.417 e. The second-order valence-electron chi connectivity index (χ2n) is 8.07. The average molecular weight is 455 g/mol. The molecule has 5 rings (SSSR count). The number of carbonyl (C=O) groups excluding carboxylic acids is 1. The minimum absolute atomic E-state index is 0.0852. The Labute approximate surface area is 186 Å². The smallest absolute Gasteiger partial charge is 0.417 e. The number of amides is 1. The number of hydrogen-bond acceptors (Lipinski definition) is 5. The Kier molecular flexibility index (Phi) is 5.35. The number of alkyl halides is 3. The third-order valence-corrected chi connectivity index (χ3v) is 5.80. The van der Waals surface area contributed by atoms with Crippen molar-refractivity contribution in [3.05, 3.63) is 72.0 Å². The van der Waals surface area contributed by atoms with Crippen LogP contribution in [0.2, 0.25) is 0 Å². The first-order chi connectivity index (χ1) is 15.9.